The van der Waals surface area contributed by atoms with Gasteiger partial charge in [0.1, 0.15) is 5.69 Å². The van der Waals surface area contributed by atoms with Gasteiger partial charge in [0.05, 0.1) is 11.7 Å². The number of carbonyl (C=O) groups excluding carboxylic acids is 1. The Morgan fingerprint density at radius 3 is 2.55 bits per heavy atom. The fourth-order valence-electron chi connectivity index (χ4n) is 4.16. The van der Waals surface area contributed by atoms with E-state index in [0.717, 1.165) is 31.7 Å². The molecule has 3 aromatic rings. The van der Waals surface area contributed by atoms with Crippen molar-refractivity contribution in [3.05, 3.63) is 53.5 Å². The molecular formula is C22H23F3N4O2. The molecule has 0 aliphatic heterocycles. The quantitative estimate of drug-likeness (QED) is 0.646. The maximum Gasteiger partial charge on any atom is 0.433 e. The van der Waals surface area contributed by atoms with Gasteiger partial charge in [-0.25, -0.2) is 4.98 Å². The van der Waals surface area contributed by atoms with Crippen molar-refractivity contribution in [3.63, 3.8) is 0 Å². The third-order valence-electron chi connectivity index (χ3n) is 5.90. The van der Waals surface area contributed by atoms with E-state index < -0.39 is 11.9 Å². The summed E-state index contributed by atoms with van der Waals surface area (Å²) in [6, 6.07) is 8.05. The van der Waals surface area contributed by atoms with Gasteiger partial charge in [-0.1, -0.05) is 23.4 Å². The number of benzene rings is 1. The normalized spacial score (nSPS) is 19.4. The van der Waals surface area contributed by atoms with Crippen LogP contribution in [-0.2, 0) is 6.18 Å². The highest BCUT2D eigenvalue weighted by Gasteiger charge is 2.34. The molecule has 0 bridgehead atoms. The summed E-state index contributed by atoms with van der Waals surface area (Å²) in [5.41, 5.74) is 0.623. The zero-order chi connectivity index (χ0) is 22.2. The molecule has 1 N–H and O–H groups in total. The number of aromatic nitrogens is 2. The number of pyridine rings is 1. The summed E-state index contributed by atoms with van der Waals surface area (Å²) in [6.07, 6.45) is -0.0781. The first-order valence-corrected chi connectivity index (χ1v) is 10.2. The number of hydrogen-bond acceptors (Lipinski definition) is 5. The zero-order valence-electron chi connectivity index (χ0n) is 17.2. The van der Waals surface area contributed by atoms with Gasteiger partial charge in [-0.15, -0.1) is 0 Å². The third-order valence-corrected chi connectivity index (χ3v) is 5.90. The molecule has 1 fully saturated rings. The number of nitrogens with one attached hydrogen (secondary N) is 1. The lowest BCUT2D eigenvalue weighted by atomic mass is 9.89. The smallest absolute Gasteiger partial charge is 0.371 e. The van der Waals surface area contributed by atoms with Crippen molar-refractivity contribution in [2.45, 2.75) is 50.9 Å². The summed E-state index contributed by atoms with van der Waals surface area (Å²) in [4.78, 5) is 18.1. The number of para-hydroxylation sites is 1. The second-order valence-electron chi connectivity index (χ2n) is 7.97. The van der Waals surface area contributed by atoms with Crippen LogP contribution in [0.2, 0.25) is 0 Å². The molecule has 1 amide bonds. The van der Waals surface area contributed by atoms with Crippen molar-refractivity contribution in [2.24, 2.45) is 0 Å². The SMILES string of the molecule is Cc1cnoc1C(=O)NC1CCC(N(C)c2cc(C(F)(F)F)nc3ccccc23)CC1. The van der Waals surface area contributed by atoms with Crippen LogP contribution in [0, 0.1) is 6.92 Å². The van der Waals surface area contributed by atoms with Gasteiger partial charge in [0, 0.05) is 35.8 Å². The van der Waals surface area contributed by atoms with Gasteiger partial charge in [0.2, 0.25) is 5.76 Å². The Morgan fingerprint density at radius 2 is 1.90 bits per heavy atom. The molecule has 0 saturated heterocycles. The molecule has 164 valence electrons. The summed E-state index contributed by atoms with van der Waals surface area (Å²) >= 11 is 0. The van der Waals surface area contributed by atoms with Gasteiger partial charge in [0.15, 0.2) is 0 Å². The highest BCUT2D eigenvalue weighted by atomic mass is 19.4. The van der Waals surface area contributed by atoms with Crippen LogP contribution in [0.15, 0.2) is 41.1 Å². The first-order chi connectivity index (χ1) is 14.7. The number of fused-ring (bicyclic) bond motifs is 1. The molecule has 1 aliphatic rings. The molecule has 1 aliphatic carbocycles. The van der Waals surface area contributed by atoms with Crippen LogP contribution in [0.25, 0.3) is 10.9 Å². The van der Waals surface area contributed by atoms with Crippen LogP contribution < -0.4 is 10.2 Å². The molecule has 2 heterocycles. The molecule has 6 nitrogen and oxygen atoms in total. The van der Waals surface area contributed by atoms with Crippen molar-refractivity contribution in [1.29, 1.82) is 0 Å². The Labute approximate surface area is 177 Å². The van der Waals surface area contributed by atoms with Crippen LogP contribution in [0.5, 0.6) is 0 Å². The summed E-state index contributed by atoms with van der Waals surface area (Å²) < 4.78 is 45.2. The molecule has 4 rings (SSSR count). The Kier molecular flexibility index (Phi) is 5.60. The number of nitrogens with zero attached hydrogens (tertiary/aromatic N) is 3. The lowest BCUT2D eigenvalue weighted by molar-refractivity contribution is -0.140. The van der Waals surface area contributed by atoms with E-state index in [0.29, 0.717) is 22.2 Å². The molecule has 31 heavy (non-hydrogen) atoms. The number of aryl methyl sites for hydroxylation is 1. The number of hydrogen-bond donors (Lipinski definition) is 1. The van der Waals surface area contributed by atoms with Crippen LogP contribution in [0.1, 0.15) is 47.5 Å². The van der Waals surface area contributed by atoms with E-state index in [1.54, 1.807) is 31.2 Å². The van der Waals surface area contributed by atoms with Gasteiger partial charge in [-0.05, 0) is 44.7 Å². The molecule has 0 spiro atoms. The Bertz CT molecular complexity index is 1090. The van der Waals surface area contributed by atoms with E-state index in [4.69, 9.17) is 4.52 Å². The second-order valence-corrected chi connectivity index (χ2v) is 7.97. The predicted octanol–water partition coefficient (Wildman–Crippen LogP) is 4.73. The van der Waals surface area contributed by atoms with Crippen molar-refractivity contribution in [1.82, 2.24) is 15.5 Å². The van der Waals surface area contributed by atoms with Crippen molar-refractivity contribution < 1.29 is 22.5 Å². The summed E-state index contributed by atoms with van der Waals surface area (Å²) in [7, 11) is 1.82. The average molecular weight is 432 g/mol. The van der Waals surface area contributed by atoms with E-state index in [1.165, 1.54) is 6.20 Å². The van der Waals surface area contributed by atoms with Gasteiger partial charge in [0.25, 0.3) is 5.91 Å². The monoisotopic (exact) mass is 432 g/mol. The summed E-state index contributed by atoms with van der Waals surface area (Å²) in [5.74, 6) is -0.0797. The standard InChI is InChI=1S/C22H23F3N4O2/c1-13-12-26-31-20(13)21(30)27-14-7-9-15(10-8-14)29(2)18-11-19(22(23,24)25)28-17-6-4-3-5-16(17)18/h3-6,11-12,14-15H,7-10H2,1-2H3,(H,27,30). The zero-order valence-corrected chi connectivity index (χ0v) is 17.2. The number of alkyl halides is 3. The summed E-state index contributed by atoms with van der Waals surface area (Å²) in [5, 5.41) is 7.29. The van der Waals surface area contributed by atoms with Crippen molar-refractivity contribution in [2.75, 3.05) is 11.9 Å². The highest BCUT2D eigenvalue weighted by molar-refractivity contribution is 5.93. The van der Waals surface area contributed by atoms with E-state index in [-0.39, 0.29) is 23.8 Å². The average Bonchev–Trinajstić information content (AvgIpc) is 3.18. The lowest BCUT2D eigenvalue weighted by Crippen LogP contribution is -2.43. The van der Waals surface area contributed by atoms with Crippen LogP contribution >= 0.6 is 0 Å². The number of rotatable bonds is 4. The van der Waals surface area contributed by atoms with Gasteiger partial charge in [-0.3, -0.25) is 4.79 Å². The lowest BCUT2D eigenvalue weighted by Gasteiger charge is -2.36. The minimum atomic E-state index is -4.51. The number of halogens is 3. The van der Waals surface area contributed by atoms with E-state index in [1.807, 2.05) is 11.9 Å². The van der Waals surface area contributed by atoms with Crippen LogP contribution in [0.3, 0.4) is 0 Å². The molecule has 0 radical (unpaired) electrons. The van der Waals surface area contributed by atoms with Gasteiger partial charge < -0.3 is 14.7 Å². The Balaban J connectivity index is 1.49. The maximum atomic E-state index is 13.4. The molecule has 0 atom stereocenters. The summed E-state index contributed by atoms with van der Waals surface area (Å²) in [6.45, 7) is 1.76. The van der Waals surface area contributed by atoms with Crippen molar-refractivity contribution in [3.8, 4) is 0 Å². The maximum absolute atomic E-state index is 13.4. The van der Waals surface area contributed by atoms with E-state index in [2.05, 4.69) is 15.5 Å². The van der Waals surface area contributed by atoms with E-state index in [9.17, 15) is 18.0 Å². The number of amides is 1. The minimum Gasteiger partial charge on any atom is -0.371 e. The first kappa shape index (κ1) is 21.1. The molecule has 9 heteroatoms. The topological polar surface area (TPSA) is 71.3 Å². The molecule has 2 aromatic heterocycles. The second kappa shape index (κ2) is 8.20. The van der Waals surface area contributed by atoms with Crippen LogP contribution in [-0.4, -0.2) is 35.2 Å². The Morgan fingerprint density at radius 1 is 1.19 bits per heavy atom. The van der Waals surface area contributed by atoms with Gasteiger partial charge >= 0.3 is 6.18 Å². The minimum absolute atomic E-state index is 0.0124. The largest absolute Gasteiger partial charge is 0.433 e. The predicted molar refractivity (Wildman–Crippen MR) is 110 cm³/mol. The van der Waals surface area contributed by atoms with E-state index >= 15 is 0 Å². The van der Waals surface area contributed by atoms with Gasteiger partial charge in [-0.2, -0.15) is 13.2 Å². The Hall–Kier alpha value is -3.10. The fourth-order valence-corrected chi connectivity index (χ4v) is 4.16. The fraction of sp³-hybridized carbons (Fsp3) is 0.409. The number of anilines is 1. The van der Waals surface area contributed by atoms with Crippen molar-refractivity contribution >= 4 is 22.5 Å². The number of carbonyl (C=O) groups is 1. The molecule has 0 unspecified atom stereocenters. The molecular weight excluding hydrogens is 409 g/mol. The molecule has 1 aromatic carbocycles. The molecule has 1 saturated carbocycles. The highest BCUT2D eigenvalue weighted by Crippen LogP contribution is 2.36. The first-order valence-electron chi connectivity index (χ1n) is 10.2. The third kappa shape index (κ3) is 4.35. The van der Waals surface area contributed by atoms with Crippen LogP contribution in [0.4, 0.5) is 18.9 Å².